The molecule has 0 saturated carbocycles. The van der Waals surface area contributed by atoms with Crippen LogP contribution in [0.4, 0.5) is 0 Å². The number of carbonyl (C=O) groups is 1. The Bertz CT molecular complexity index is 523. The molecule has 5 nitrogen and oxygen atoms in total. The van der Waals surface area contributed by atoms with Crippen LogP contribution in [0.5, 0.6) is 11.5 Å². The summed E-state index contributed by atoms with van der Waals surface area (Å²) in [5.74, 6) is 0.0880. The molecule has 96 valence electrons. The molecule has 0 saturated heterocycles. The van der Waals surface area contributed by atoms with E-state index in [9.17, 15) is 9.90 Å². The highest BCUT2D eigenvalue weighted by Gasteiger charge is 2.34. The van der Waals surface area contributed by atoms with Gasteiger partial charge in [-0.25, -0.2) is 4.79 Å². The van der Waals surface area contributed by atoms with Crippen LogP contribution in [0.3, 0.4) is 0 Å². The predicted molar refractivity (Wildman–Crippen MR) is 72.1 cm³/mol. The minimum Gasteiger partial charge on any atom is -0.501 e. The van der Waals surface area contributed by atoms with Crippen molar-refractivity contribution in [1.82, 2.24) is 0 Å². The Morgan fingerprint density at radius 3 is 2.44 bits per heavy atom. The van der Waals surface area contributed by atoms with Crippen LogP contribution in [-0.4, -0.2) is 25.3 Å². The zero-order valence-corrected chi connectivity index (χ0v) is 11.9. The second-order valence-corrected chi connectivity index (χ2v) is 4.76. The summed E-state index contributed by atoms with van der Waals surface area (Å²) in [6.07, 6.45) is -0.585. The highest BCUT2D eigenvalue weighted by Crippen LogP contribution is 2.40. The smallest absolute Gasteiger partial charge is 0.375 e. The van der Waals surface area contributed by atoms with Crippen molar-refractivity contribution < 1.29 is 24.1 Å². The fourth-order valence-electron chi connectivity index (χ4n) is 1.67. The van der Waals surface area contributed by atoms with E-state index in [1.165, 1.54) is 7.11 Å². The van der Waals surface area contributed by atoms with E-state index in [0.29, 0.717) is 15.1 Å². The molecule has 0 bridgehead atoms. The van der Waals surface area contributed by atoms with E-state index < -0.39 is 12.1 Å². The third kappa shape index (κ3) is 2.12. The van der Waals surface area contributed by atoms with E-state index in [2.05, 4.69) is 0 Å². The number of methoxy groups -OCH3 is 2. The van der Waals surface area contributed by atoms with Crippen molar-refractivity contribution in [3.63, 3.8) is 0 Å². The molecule has 0 aromatic heterocycles. The maximum absolute atomic E-state index is 11.3. The predicted octanol–water partition coefficient (Wildman–Crippen LogP) is 2.51. The van der Waals surface area contributed by atoms with Gasteiger partial charge in [-0.2, -0.15) is 0 Å². The molecule has 6 heteroatoms. The third-order valence-corrected chi connectivity index (χ3v) is 3.66. The van der Waals surface area contributed by atoms with Crippen LogP contribution in [0.1, 0.15) is 11.7 Å². The lowest BCUT2D eigenvalue weighted by molar-refractivity contribution is -0.142. The van der Waals surface area contributed by atoms with Gasteiger partial charge in [0.2, 0.25) is 5.76 Å². The van der Waals surface area contributed by atoms with Crippen LogP contribution >= 0.6 is 22.6 Å². The van der Waals surface area contributed by atoms with Gasteiger partial charge in [0.25, 0.3) is 0 Å². The maximum atomic E-state index is 11.3. The number of aliphatic hydroxyl groups excluding tert-OH is 1. The van der Waals surface area contributed by atoms with Gasteiger partial charge in [-0.05, 0) is 34.7 Å². The average Bonchev–Trinajstić information content (AvgIpc) is 2.65. The highest BCUT2D eigenvalue weighted by molar-refractivity contribution is 14.1. The Balaban J connectivity index is 2.39. The summed E-state index contributed by atoms with van der Waals surface area (Å²) < 4.78 is 15.8. The van der Waals surface area contributed by atoms with Crippen LogP contribution in [-0.2, 0) is 9.53 Å². The summed E-state index contributed by atoms with van der Waals surface area (Å²) in [4.78, 5) is 11.3. The van der Waals surface area contributed by atoms with Gasteiger partial charge in [0, 0.05) is 5.56 Å². The fraction of sp³-hybridized carbons (Fsp3) is 0.250. The van der Waals surface area contributed by atoms with Gasteiger partial charge in [0.05, 0.1) is 17.8 Å². The average molecular weight is 362 g/mol. The van der Waals surface area contributed by atoms with Crippen molar-refractivity contribution >= 4 is 28.6 Å². The van der Waals surface area contributed by atoms with Crippen molar-refractivity contribution in [3.8, 4) is 11.5 Å². The number of aliphatic hydroxyl groups is 1. The fourth-order valence-corrected chi connectivity index (χ4v) is 2.37. The summed E-state index contributed by atoms with van der Waals surface area (Å²) in [6, 6.07) is 5.20. The molecule has 1 aromatic carbocycles. The first-order valence-electron chi connectivity index (χ1n) is 5.10. The Morgan fingerprint density at radius 1 is 1.28 bits per heavy atom. The Kier molecular flexibility index (Phi) is 3.65. The van der Waals surface area contributed by atoms with Gasteiger partial charge >= 0.3 is 5.97 Å². The zero-order chi connectivity index (χ0) is 13.3. The molecule has 0 aliphatic carbocycles. The Morgan fingerprint density at radius 2 is 1.94 bits per heavy atom. The largest absolute Gasteiger partial charge is 0.501 e. The monoisotopic (exact) mass is 362 g/mol. The van der Waals surface area contributed by atoms with Crippen molar-refractivity contribution in [2.24, 2.45) is 0 Å². The van der Waals surface area contributed by atoms with Crippen molar-refractivity contribution in [1.29, 1.82) is 0 Å². The Hall–Kier alpha value is -1.44. The van der Waals surface area contributed by atoms with Crippen LogP contribution < -0.4 is 9.47 Å². The molecular formula is C12H11IO5. The number of cyclic esters (lactones) is 1. The van der Waals surface area contributed by atoms with E-state index in [1.807, 2.05) is 22.6 Å². The number of halogens is 1. The third-order valence-electron chi connectivity index (χ3n) is 2.58. The minimum atomic E-state index is -0.709. The van der Waals surface area contributed by atoms with Gasteiger partial charge in [0.1, 0.15) is 0 Å². The molecular weight excluding hydrogens is 351 g/mol. The number of hydrogen-bond acceptors (Lipinski definition) is 5. The molecule has 1 N–H and O–H groups in total. The van der Waals surface area contributed by atoms with Gasteiger partial charge in [-0.3, -0.25) is 0 Å². The van der Waals surface area contributed by atoms with Crippen LogP contribution in [0.15, 0.2) is 27.5 Å². The molecule has 18 heavy (non-hydrogen) atoms. The summed E-state index contributed by atoms with van der Waals surface area (Å²) >= 11 is 1.89. The SMILES string of the molecule is COc1ccc(C2OC(=O)C(O)=C2I)cc1OC. The van der Waals surface area contributed by atoms with E-state index in [0.717, 1.165) is 5.56 Å². The van der Waals surface area contributed by atoms with E-state index in [1.54, 1.807) is 25.3 Å². The maximum Gasteiger partial charge on any atom is 0.375 e. The van der Waals surface area contributed by atoms with Gasteiger partial charge in [-0.1, -0.05) is 6.07 Å². The van der Waals surface area contributed by atoms with E-state index >= 15 is 0 Å². The summed E-state index contributed by atoms with van der Waals surface area (Å²) in [6.45, 7) is 0. The number of carbonyl (C=O) groups excluding carboxylic acids is 1. The summed E-state index contributed by atoms with van der Waals surface area (Å²) in [5, 5.41) is 9.47. The molecule has 1 aliphatic rings. The molecule has 2 rings (SSSR count). The lowest BCUT2D eigenvalue weighted by Gasteiger charge is -2.13. The topological polar surface area (TPSA) is 65.0 Å². The number of ether oxygens (including phenoxy) is 3. The van der Waals surface area contributed by atoms with Crippen molar-refractivity contribution in [2.45, 2.75) is 6.10 Å². The molecule has 0 radical (unpaired) electrons. The quantitative estimate of drug-likeness (QED) is 0.661. The molecule has 1 aliphatic heterocycles. The molecule has 1 atom stereocenters. The lowest BCUT2D eigenvalue weighted by Crippen LogP contribution is -2.03. The number of hydrogen-bond donors (Lipinski definition) is 1. The zero-order valence-electron chi connectivity index (χ0n) is 9.77. The number of benzene rings is 1. The van der Waals surface area contributed by atoms with Gasteiger partial charge < -0.3 is 19.3 Å². The highest BCUT2D eigenvalue weighted by atomic mass is 127. The second kappa shape index (κ2) is 5.05. The molecule has 1 unspecified atom stereocenters. The van der Waals surface area contributed by atoms with Crippen molar-refractivity contribution in [3.05, 3.63) is 33.1 Å². The van der Waals surface area contributed by atoms with Crippen molar-refractivity contribution in [2.75, 3.05) is 14.2 Å². The molecule has 0 fully saturated rings. The molecule has 0 spiro atoms. The number of rotatable bonds is 3. The van der Waals surface area contributed by atoms with E-state index in [-0.39, 0.29) is 5.76 Å². The molecule has 1 heterocycles. The van der Waals surface area contributed by atoms with Crippen LogP contribution in [0, 0.1) is 0 Å². The second-order valence-electron chi connectivity index (χ2n) is 3.60. The molecule has 0 amide bonds. The number of esters is 1. The lowest BCUT2D eigenvalue weighted by atomic mass is 10.1. The first kappa shape index (κ1) is 13.0. The van der Waals surface area contributed by atoms with Gasteiger partial charge in [0.15, 0.2) is 17.6 Å². The van der Waals surface area contributed by atoms with Crippen LogP contribution in [0.2, 0.25) is 0 Å². The van der Waals surface area contributed by atoms with Gasteiger partial charge in [-0.15, -0.1) is 0 Å². The first-order chi connectivity index (χ1) is 8.58. The first-order valence-corrected chi connectivity index (χ1v) is 6.18. The van der Waals surface area contributed by atoms with Crippen LogP contribution in [0.25, 0.3) is 0 Å². The minimum absolute atomic E-state index is 0.338. The Labute approximate surface area is 117 Å². The van der Waals surface area contributed by atoms with E-state index in [4.69, 9.17) is 14.2 Å². The summed E-state index contributed by atoms with van der Waals surface area (Å²) in [7, 11) is 3.07. The standard InChI is InChI=1S/C12H11IO5/c1-16-7-4-3-6(5-8(7)17-2)11-9(13)10(14)12(15)18-11/h3-5,11,14H,1-2H3. The molecule has 1 aromatic rings. The normalized spacial score (nSPS) is 18.8. The summed E-state index contributed by atoms with van der Waals surface area (Å²) in [5.41, 5.74) is 0.717.